The Labute approximate surface area is 332 Å². The lowest BCUT2D eigenvalue weighted by atomic mass is 9.59. The molecule has 0 bridgehead atoms. The molecule has 0 N–H and O–H groups in total. The van der Waals surface area contributed by atoms with E-state index in [1.807, 2.05) is 0 Å². The summed E-state index contributed by atoms with van der Waals surface area (Å²) in [6, 6.07) is 59.5. The summed E-state index contributed by atoms with van der Waals surface area (Å²) >= 11 is 0. The van der Waals surface area contributed by atoms with Crippen LogP contribution in [0.4, 0.5) is 0 Å². The normalized spacial score (nSPS) is 11.6. The fourth-order valence-corrected chi connectivity index (χ4v) is 9.18. The third kappa shape index (κ3) is 5.31. The summed E-state index contributed by atoms with van der Waals surface area (Å²) in [7, 11) is 11.4. The van der Waals surface area contributed by atoms with Gasteiger partial charge in [0.2, 0.25) is 0 Å². The second-order valence-electron chi connectivity index (χ2n) is 15.3. The lowest BCUT2D eigenvalue weighted by Crippen LogP contribution is -2.55. The molecule has 0 fully saturated rings. The highest BCUT2D eigenvalue weighted by Crippen LogP contribution is 2.46. The van der Waals surface area contributed by atoms with Gasteiger partial charge in [-0.15, -0.1) is 16.4 Å². The first-order valence-corrected chi connectivity index (χ1v) is 19.6. The van der Waals surface area contributed by atoms with Gasteiger partial charge in [-0.3, -0.25) is 0 Å². The molecule has 0 saturated heterocycles. The molecule has 0 aliphatic carbocycles. The molecule has 1 nitrogen and oxygen atoms in total. The van der Waals surface area contributed by atoms with E-state index in [2.05, 4.69) is 203 Å². The predicted octanol–water partition coefficient (Wildman–Crippen LogP) is 5.52. The molecule has 9 aromatic carbocycles. The van der Waals surface area contributed by atoms with Crippen molar-refractivity contribution in [3.05, 3.63) is 164 Å². The minimum atomic E-state index is 0.886. The maximum atomic E-state index is 6.89. The Morgan fingerprint density at radius 1 is 0.304 bits per heavy atom. The molecule has 0 radical (unpaired) electrons. The quantitative estimate of drug-likeness (QED) is 0.170. The first kappa shape index (κ1) is 34.1. The van der Waals surface area contributed by atoms with Gasteiger partial charge in [0, 0.05) is 16.3 Å². The molecule has 6 heteroatoms. The number of furan rings is 1. The van der Waals surface area contributed by atoms with Gasteiger partial charge in [-0.1, -0.05) is 157 Å². The minimum absolute atomic E-state index is 0.886. The van der Waals surface area contributed by atoms with E-state index in [1.54, 1.807) is 0 Å². The zero-order valence-electron chi connectivity index (χ0n) is 32.5. The predicted molar refractivity (Wildman–Crippen MR) is 257 cm³/mol. The van der Waals surface area contributed by atoms with Crippen LogP contribution in [0.5, 0.6) is 0 Å². The molecule has 0 aliphatic heterocycles. The third-order valence-corrected chi connectivity index (χ3v) is 12.5. The summed E-state index contributed by atoms with van der Waals surface area (Å²) in [4.78, 5) is 0. The van der Waals surface area contributed by atoms with Crippen LogP contribution in [-0.4, -0.2) is 39.2 Å². The van der Waals surface area contributed by atoms with Crippen molar-refractivity contribution in [2.45, 2.75) is 0 Å². The summed E-state index contributed by atoms with van der Waals surface area (Å²) in [5.74, 6) is 0. The number of hydrogen-bond acceptors (Lipinski definition) is 1. The molecule has 258 valence electrons. The lowest BCUT2D eigenvalue weighted by Gasteiger charge is -2.24. The van der Waals surface area contributed by atoms with Gasteiger partial charge in [0.15, 0.2) is 0 Å². The van der Waals surface area contributed by atoms with Crippen molar-refractivity contribution < 1.29 is 4.42 Å². The van der Waals surface area contributed by atoms with Crippen molar-refractivity contribution in [2.75, 3.05) is 0 Å². The Morgan fingerprint density at radius 3 is 1.32 bits per heavy atom. The van der Waals surface area contributed by atoms with Crippen molar-refractivity contribution in [3.8, 4) is 55.6 Å². The standard InChI is InChI=1S/C50H37B5O/c51-45-44(46(52)48(54)49(55)47(45)53)42-37-17-9-7-15-35(37)41(36-16-8-10-18-38(36)42)32-23-26-40-39(27-32)43-33(24-25-34(50(43)56-40)30-13-5-2-6-14-30)31-21-19-29(20-22-31)28-11-3-1-4-12-28/h1-27H,51-55H2. The molecule has 0 unspecified atom stereocenters. The molecular formula is C50H37B5O. The topological polar surface area (TPSA) is 13.1 Å². The van der Waals surface area contributed by atoms with Gasteiger partial charge in [0.05, 0.1) is 0 Å². The van der Waals surface area contributed by atoms with E-state index < -0.39 is 0 Å². The van der Waals surface area contributed by atoms with E-state index in [-0.39, 0.29) is 0 Å². The van der Waals surface area contributed by atoms with Gasteiger partial charge in [-0.05, 0) is 89.8 Å². The van der Waals surface area contributed by atoms with Gasteiger partial charge in [-0.25, -0.2) is 0 Å². The molecule has 10 rings (SSSR count). The molecule has 10 aromatic rings. The second-order valence-corrected chi connectivity index (χ2v) is 15.3. The highest BCUT2D eigenvalue weighted by atomic mass is 16.3. The van der Waals surface area contributed by atoms with Crippen molar-refractivity contribution >= 4 is 110 Å². The van der Waals surface area contributed by atoms with Crippen LogP contribution in [-0.2, 0) is 0 Å². The van der Waals surface area contributed by atoms with Gasteiger partial charge >= 0.3 is 0 Å². The Kier molecular flexibility index (Phi) is 8.19. The minimum Gasteiger partial charge on any atom is -0.455 e. The van der Waals surface area contributed by atoms with E-state index in [0.717, 1.165) is 44.2 Å². The van der Waals surface area contributed by atoms with Crippen LogP contribution in [0.25, 0.3) is 99.1 Å². The Hall–Kier alpha value is -6.38. The Bertz CT molecular complexity index is 3080. The maximum absolute atomic E-state index is 6.89. The highest BCUT2D eigenvalue weighted by Gasteiger charge is 2.23. The summed E-state index contributed by atoms with van der Waals surface area (Å²) in [5.41, 5.74) is 20.7. The summed E-state index contributed by atoms with van der Waals surface area (Å²) in [6.07, 6.45) is 0. The molecule has 0 aliphatic rings. The van der Waals surface area contributed by atoms with Crippen molar-refractivity contribution in [3.63, 3.8) is 0 Å². The molecular weight excluding hydrogens is 671 g/mol. The van der Waals surface area contributed by atoms with Crippen LogP contribution in [0.15, 0.2) is 168 Å². The molecule has 0 atom stereocenters. The van der Waals surface area contributed by atoms with Gasteiger partial charge in [-0.2, -0.15) is 0 Å². The van der Waals surface area contributed by atoms with Gasteiger partial charge in [0.25, 0.3) is 0 Å². The van der Waals surface area contributed by atoms with E-state index in [9.17, 15) is 0 Å². The van der Waals surface area contributed by atoms with E-state index >= 15 is 0 Å². The highest BCUT2D eigenvalue weighted by molar-refractivity contribution is 6.69. The Morgan fingerprint density at radius 2 is 0.732 bits per heavy atom. The first-order valence-electron chi connectivity index (χ1n) is 19.6. The monoisotopic (exact) mass is 708 g/mol. The molecule has 0 amide bonds. The third-order valence-electron chi connectivity index (χ3n) is 12.5. The molecule has 0 saturated carbocycles. The van der Waals surface area contributed by atoms with E-state index in [0.29, 0.717) is 0 Å². The fraction of sp³-hybridized carbons (Fsp3) is 0. The van der Waals surface area contributed by atoms with Crippen LogP contribution in [0, 0.1) is 0 Å². The summed E-state index contributed by atoms with van der Waals surface area (Å²) in [5, 5.41) is 7.31. The van der Waals surface area contributed by atoms with Crippen molar-refractivity contribution in [1.29, 1.82) is 0 Å². The summed E-state index contributed by atoms with van der Waals surface area (Å²) < 4.78 is 6.89. The second kappa shape index (κ2) is 13.4. The average molecular weight is 708 g/mol. The maximum Gasteiger partial charge on any atom is 0.143 e. The van der Waals surface area contributed by atoms with Gasteiger partial charge < -0.3 is 4.42 Å². The van der Waals surface area contributed by atoms with Crippen molar-refractivity contribution in [1.82, 2.24) is 0 Å². The Balaban J connectivity index is 1.25. The molecule has 1 heterocycles. The van der Waals surface area contributed by atoms with Gasteiger partial charge in [0.1, 0.15) is 50.4 Å². The average Bonchev–Trinajstić information content (AvgIpc) is 3.64. The van der Waals surface area contributed by atoms with Crippen molar-refractivity contribution in [2.24, 2.45) is 0 Å². The smallest absolute Gasteiger partial charge is 0.143 e. The number of benzene rings is 9. The van der Waals surface area contributed by atoms with Crippen LogP contribution in [0.2, 0.25) is 0 Å². The zero-order chi connectivity index (χ0) is 38.1. The zero-order valence-corrected chi connectivity index (χ0v) is 32.5. The first-order chi connectivity index (χ1) is 27.4. The molecule has 1 aromatic heterocycles. The lowest BCUT2D eigenvalue weighted by molar-refractivity contribution is 0.670. The van der Waals surface area contributed by atoms with Crippen LogP contribution >= 0.6 is 0 Å². The fourth-order valence-electron chi connectivity index (χ4n) is 9.18. The molecule has 0 spiro atoms. The number of fused-ring (bicyclic) bond motifs is 5. The number of rotatable bonds is 5. The van der Waals surface area contributed by atoms with E-state index in [1.165, 1.54) is 82.2 Å². The number of hydrogen-bond donors (Lipinski definition) is 0. The summed E-state index contributed by atoms with van der Waals surface area (Å²) in [6.45, 7) is 0. The largest absolute Gasteiger partial charge is 0.455 e. The van der Waals surface area contributed by atoms with Crippen LogP contribution in [0.1, 0.15) is 0 Å². The van der Waals surface area contributed by atoms with Crippen LogP contribution in [0.3, 0.4) is 0 Å². The van der Waals surface area contributed by atoms with E-state index in [4.69, 9.17) is 4.42 Å². The molecule has 56 heavy (non-hydrogen) atoms. The van der Waals surface area contributed by atoms with Crippen LogP contribution < -0.4 is 27.3 Å². The SMILES string of the molecule is Bc1c(B)c(B)c(-c2c3ccccc3c(-c3ccc4oc5c(-c6ccccc6)ccc(-c6ccc(-c7ccccc7)cc6)c5c4c3)c3ccccc23)c(B)c1B.